The normalized spacial score (nSPS) is 19.6. The molecule has 0 radical (unpaired) electrons. The van der Waals surface area contributed by atoms with Crippen LogP contribution in [-0.2, 0) is 26.9 Å². The number of carbonyl (C=O) groups is 2. The topological polar surface area (TPSA) is 55.4 Å². The standard InChI is InChI=1S/C22H20F3NO3/c1-14-20(21(28)29-12-11-15-7-3-2-4-8-15)17(13-19(27)26-14)16-9-5-6-10-18(16)22(23,24)25/h2-10,17,20H,1,11-13H2,(H,26,27). The van der Waals surface area contributed by atoms with Gasteiger partial charge in [0.15, 0.2) is 0 Å². The van der Waals surface area contributed by atoms with E-state index in [0.29, 0.717) is 6.42 Å². The summed E-state index contributed by atoms with van der Waals surface area (Å²) < 4.78 is 45.8. The predicted octanol–water partition coefficient (Wildman–Crippen LogP) is 4.22. The molecule has 0 saturated carbocycles. The van der Waals surface area contributed by atoms with E-state index in [9.17, 15) is 22.8 Å². The lowest BCUT2D eigenvalue weighted by atomic mass is 9.77. The molecule has 2 unspecified atom stereocenters. The number of ether oxygens (including phenoxy) is 1. The van der Waals surface area contributed by atoms with Gasteiger partial charge in [-0.25, -0.2) is 0 Å². The van der Waals surface area contributed by atoms with E-state index >= 15 is 0 Å². The van der Waals surface area contributed by atoms with Gasteiger partial charge >= 0.3 is 12.1 Å². The van der Waals surface area contributed by atoms with Crippen LogP contribution < -0.4 is 5.32 Å². The third kappa shape index (κ3) is 4.85. The zero-order valence-corrected chi connectivity index (χ0v) is 15.5. The van der Waals surface area contributed by atoms with Crippen LogP contribution in [0, 0.1) is 5.92 Å². The second-order valence-electron chi connectivity index (χ2n) is 6.85. The third-order valence-electron chi connectivity index (χ3n) is 4.88. The highest BCUT2D eigenvalue weighted by Crippen LogP contribution is 2.42. The summed E-state index contributed by atoms with van der Waals surface area (Å²) in [5.74, 6) is -3.27. The molecule has 1 fully saturated rings. The number of benzene rings is 2. The fraction of sp³-hybridized carbons (Fsp3) is 0.273. The number of rotatable bonds is 5. The van der Waals surface area contributed by atoms with Crippen LogP contribution in [0.3, 0.4) is 0 Å². The minimum absolute atomic E-state index is 0.0490. The van der Waals surface area contributed by atoms with Crippen molar-refractivity contribution in [2.45, 2.75) is 24.9 Å². The molecule has 1 amide bonds. The fourth-order valence-electron chi connectivity index (χ4n) is 3.55. The maximum atomic E-state index is 13.5. The van der Waals surface area contributed by atoms with Crippen LogP contribution in [0.2, 0.25) is 0 Å². The number of amides is 1. The smallest absolute Gasteiger partial charge is 0.416 e. The zero-order chi connectivity index (χ0) is 21.0. The van der Waals surface area contributed by atoms with Crippen LogP contribution >= 0.6 is 0 Å². The van der Waals surface area contributed by atoms with E-state index in [1.165, 1.54) is 18.2 Å². The van der Waals surface area contributed by atoms with Gasteiger partial charge in [-0.1, -0.05) is 55.1 Å². The van der Waals surface area contributed by atoms with Crippen molar-refractivity contribution < 1.29 is 27.5 Å². The molecule has 29 heavy (non-hydrogen) atoms. The van der Waals surface area contributed by atoms with Crippen molar-refractivity contribution in [2.24, 2.45) is 5.92 Å². The number of nitrogens with one attached hydrogen (secondary N) is 1. The molecule has 0 aromatic heterocycles. The van der Waals surface area contributed by atoms with Gasteiger partial charge in [0.25, 0.3) is 0 Å². The van der Waals surface area contributed by atoms with Gasteiger partial charge in [-0.05, 0) is 17.2 Å². The van der Waals surface area contributed by atoms with Crippen LogP contribution in [0.1, 0.15) is 29.0 Å². The Bertz CT molecular complexity index is 909. The summed E-state index contributed by atoms with van der Waals surface area (Å²) in [6, 6.07) is 14.3. The molecule has 0 aliphatic carbocycles. The van der Waals surface area contributed by atoms with Crippen molar-refractivity contribution >= 4 is 11.9 Å². The minimum Gasteiger partial charge on any atom is -0.465 e. The molecule has 0 bridgehead atoms. The molecule has 2 aromatic carbocycles. The summed E-state index contributed by atoms with van der Waals surface area (Å²) in [7, 11) is 0. The van der Waals surface area contributed by atoms with Crippen LogP contribution in [0.4, 0.5) is 13.2 Å². The number of alkyl halides is 3. The molecule has 0 spiro atoms. The minimum atomic E-state index is -4.60. The highest BCUT2D eigenvalue weighted by atomic mass is 19.4. The number of halogens is 3. The Morgan fingerprint density at radius 2 is 1.76 bits per heavy atom. The largest absolute Gasteiger partial charge is 0.465 e. The Kier molecular flexibility index (Phi) is 6.06. The van der Waals surface area contributed by atoms with Crippen molar-refractivity contribution in [3.8, 4) is 0 Å². The van der Waals surface area contributed by atoms with E-state index in [2.05, 4.69) is 11.9 Å². The highest BCUT2D eigenvalue weighted by Gasteiger charge is 2.43. The Morgan fingerprint density at radius 1 is 1.10 bits per heavy atom. The third-order valence-corrected chi connectivity index (χ3v) is 4.88. The summed E-state index contributed by atoms with van der Waals surface area (Å²) in [6.07, 6.45) is -4.39. The fourth-order valence-corrected chi connectivity index (χ4v) is 3.55. The first kappa shape index (κ1) is 20.6. The second kappa shape index (κ2) is 8.51. The average molecular weight is 403 g/mol. The van der Waals surface area contributed by atoms with Crippen molar-refractivity contribution in [3.05, 3.63) is 83.6 Å². The molecule has 1 N–H and O–H groups in total. The molecule has 1 saturated heterocycles. The highest BCUT2D eigenvalue weighted by molar-refractivity contribution is 5.87. The molecule has 4 nitrogen and oxygen atoms in total. The van der Waals surface area contributed by atoms with E-state index < -0.39 is 35.5 Å². The van der Waals surface area contributed by atoms with Crippen molar-refractivity contribution in [2.75, 3.05) is 6.61 Å². The lowest BCUT2D eigenvalue weighted by Gasteiger charge is -2.33. The summed E-state index contributed by atoms with van der Waals surface area (Å²) in [5.41, 5.74) is 0.0403. The first-order valence-corrected chi connectivity index (χ1v) is 9.12. The molecule has 1 heterocycles. The van der Waals surface area contributed by atoms with Gasteiger partial charge in [-0.2, -0.15) is 13.2 Å². The zero-order valence-electron chi connectivity index (χ0n) is 15.5. The van der Waals surface area contributed by atoms with Crippen molar-refractivity contribution in [1.29, 1.82) is 0 Å². The summed E-state index contributed by atoms with van der Waals surface area (Å²) in [4.78, 5) is 24.7. The van der Waals surface area contributed by atoms with Gasteiger partial charge in [-0.15, -0.1) is 0 Å². The second-order valence-corrected chi connectivity index (χ2v) is 6.85. The van der Waals surface area contributed by atoms with Gasteiger partial charge in [0.1, 0.15) is 5.92 Å². The number of hydrogen-bond donors (Lipinski definition) is 1. The molecule has 7 heteroatoms. The van der Waals surface area contributed by atoms with Crippen molar-refractivity contribution in [3.63, 3.8) is 0 Å². The molecule has 2 atom stereocenters. The van der Waals surface area contributed by atoms with Crippen molar-refractivity contribution in [1.82, 2.24) is 5.32 Å². The molecule has 3 rings (SSSR count). The lowest BCUT2D eigenvalue weighted by Crippen LogP contribution is -2.42. The van der Waals surface area contributed by atoms with E-state index in [4.69, 9.17) is 4.74 Å². The molecular formula is C22H20F3NO3. The Hall–Kier alpha value is -3.09. The first-order valence-electron chi connectivity index (χ1n) is 9.12. The van der Waals surface area contributed by atoms with Crippen LogP contribution in [0.5, 0.6) is 0 Å². The average Bonchev–Trinajstić information content (AvgIpc) is 2.67. The number of esters is 1. The number of piperidine rings is 1. The molecular weight excluding hydrogens is 383 g/mol. The van der Waals surface area contributed by atoms with Gasteiger partial charge in [-0.3, -0.25) is 9.59 Å². The monoisotopic (exact) mass is 403 g/mol. The maximum absolute atomic E-state index is 13.5. The SMILES string of the molecule is C=C1NC(=O)CC(c2ccccc2C(F)(F)F)C1C(=O)OCCc1ccccc1. The van der Waals surface area contributed by atoms with Gasteiger partial charge in [0, 0.05) is 24.5 Å². The van der Waals surface area contributed by atoms with Crippen LogP contribution in [0.15, 0.2) is 66.9 Å². The van der Waals surface area contributed by atoms with E-state index in [1.807, 2.05) is 30.3 Å². The number of hydrogen-bond acceptors (Lipinski definition) is 3. The molecule has 2 aromatic rings. The van der Waals surface area contributed by atoms with Crippen LogP contribution in [-0.4, -0.2) is 18.5 Å². The Morgan fingerprint density at radius 3 is 2.45 bits per heavy atom. The quantitative estimate of drug-likeness (QED) is 0.761. The summed E-state index contributed by atoms with van der Waals surface area (Å²) >= 11 is 0. The Balaban J connectivity index is 1.82. The predicted molar refractivity (Wildman–Crippen MR) is 101 cm³/mol. The van der Waals surface area contributed by atoms with E-state index in [-0.39, 0.29) is 24.3 Å². The number of carbonyl (C=O) groups excluding carboxylic acids is 2. The van der Waals surface area contributed by atoms with Gasteiger partial charge < -0.3 is 10.1 Å². The molecule has 1 aliphatic heterocycles. The first-order chi connectivity index (χ1) is 13.8. The summed E-state index contributed by atoms with van der Waals surface area (Å²) in [6.45, 7) is 3.76. The lowest BCUT2D eigenvalue weighted by molar-refractivity contribution is -0.150. The maximum Gasteiger partial charge on any atom is 0.416 e. The van der Waals surface area contributed by atoms with E-state index in [1.54, 1.807) is 0 Å². The van der Waals surface area contributed by atoms with Gasteiger partial charge in [0.2, 0.25) is 5.91 Å². The van der Waals surface area contributed by atoms with Crippen LogP contribution in [0.25, 0.3) is 0 Å². The van der Waals surface area contributed by atoms with Gasteiger partial charge in [0.05, 0.1) is 12.2 Å². The van der Waals surface area contributed by atoms with E-state index in [0.717, 1.165) is 11.6 Å². The molecule has 152 valence electrons. The Labute approximate surface area is 166 Å². The molecule has 1 aliphatic rings. The summed E-state index contributed by atoms with van der Waals surface area (Å²) in [5, 5.41) is 2.46.